The number of benzene rings is 2. The molecule has 0 saturated heterocycles. The van der Waals surface area contributed by atoms with Gasteiger partial charge in [0.15, 0.2) is 0 Å². The number of nitrogens with one attached hydrogen (secondary N) is 1. The van der Waals surface area contributed by atoms with Crippen LogP contribution in [0.25, 0.3) is 0 Å². The first kappa shape index (κ1) is 17.3. The fourth-order valence-electron chi connectivity index (χ4n) is 1.93. The van der Waals surface area contributed by atoms with Crippen molar-refractivity contribution < 1.29 is 13.2 Å². The van der Waals surface area contributed by atoms with Gasteiger partial charge in [-0.1, -0.05) is 29.3 Å². The lowest BCUT2D eigenvalue weighted by Crippen LogP contribution is -2.18. The predicted octanol–water partition coefficient (Wildman–Crippen LogP) is 3.16. The summed E-state index contributed by atoms with van der Waals surface area (Å²) in [5.41, 5.74) is 1.80. The number of sulfonamides is 1. The maximum absolute atomic E-state index is 12.1. The molecule has 5 nitrogen and oxygen atoms in total. The molecule has 2 aromatic carbocycles. The highest BCUT2D eigenvalue weighted by molar-refractivity contribution is 7.89. The number of hydrogen-bond acceptors (Lipinski definition) is 4. The molecule has 0 aliphatic heterocycles. The average Bonchev–Trinajstić information content (AvgIpc) is 2.52. The smallest absolute Gasteiger partial charge is 0.276 e. The third-order valence-corrected chi connectivity index (χ3v) is 4.62. The quantitative estimate of drug-likeness (QED) is 0.641. The number of nitrogens with zero attached hydrogens (tertiary/aromatic N) is 1. The summed E-state index contributed by atoms with van der Waals surface area (Å²) in [4.78, 5) is 2.35. The van der Waals surface area contributed by atoms with Crippen LogP contribution in [0.5, 0.6) is 5.75 Å². The molecule has 7 heteroatoms. The van der Waals surface area contributed by atoms with Crippen LogP contribution in [0.4, 0.5) is 0 Å². The van der Waals surface area contributed by atoms with Crippen molar-refractivity contribution in [1.82, 2.24) is 4.83 Å². The normalized spacial score (nSPS) is 11.6. The second-order valence-electron chi connectivity index (χ2n) is 4.88. The highest BCUT2D eigenvalue weighted by atomic mass is 35.5. The Morgan fingerprint density at radius 1 is 1.22 bits per heavy atom. The highest BCUT2D eigenvalue weighted by Crippen LogP contribution is 2.22. The van der Waals surface area contributed by atoms with E-state index in [2.05, 4.69) is 9.93 Å². The van der Waals surface area contributed by atoms with Gasteiger partial charge in [0, 0.05) is 23.2 Å². The fraction of sp³-hybridized carbons (Fsp3) is 0.188. The van der Waals surface area contributed by atoms with E-state index < -0.39 is 10.0 Å². The molecule has 2 aromatic rings. The fourth-order valence-corrected chi connectivity index (χ4v) is 2.94. The van der Waals surface area contributed by atoms with E-state index in [-0.39, 0.29) is 4.90 Å². The molecule has 122 valence electrons. The second-order valence-corrected chi connectivity index (χ2v) is 6.98. The van der Waals surface area contributed by atoms with Crippen molar-refractivity contribution in [2.24, 2.45) is 5.10 Å². The van der Waals surface area contributed by atoms with Crippen molar-refractivity contribution in [2.75, 3.05) is 7.11 Å². The molecule has 0 aromatic heterocycles. The van der Waals surface area contributed by atoms with Gasteiger partial charge in [-0.15, -0.1) is 0 Å². The Bertz CT molecular complexity index is 803. The molecule has 0 radical (unpaired) electrons. The Hall–Kier alpha value is -2.05. The number of aryl methyl sites for hydroxylation is 1. The Morgan fingerprint density at radius 2 is 1.91 bits per heavy atom. The summed E-state index contributed by atoms with van der Waals surface area (Å²) in [6.07, 6.45) is 1.85. The molecule has 0 amide bonds. The van der Waals surface area contributed by atoms with Gasteiger partial charge in [0.2, 0.25) is 0 Å². The number of hydrazone groups is 1. The molecule has 2 rings (SSSR count). The number of ether oxygens (including phenoxy) is 1. The Kier molecular flexibility index (Phi) is 5.63. The lowest BCUT2D eigenvalue weighted by Gasteiger charge is -2.06. The lowest BCUT2D eigenvalue weighted by atomic mass is 10.1. The van der Waals surface area contributed by atoms with Crippen molar-refractivity contribution in [3.63, 3.8) is 0 Å². The van der Waals surface area contributed by atoms with E-state index >= 15 is 0 Å². The molecule has 0 saturated carbocycles. The molecule has 0 unspecified atom stereocenters. The molecule has 1 N–H and O–H groups in total. The molecular weight excluding hydrogens is 336 g/mol. The minimum atomic E-state index is -3.66. The first-order valence-corrected chi connectivity index (χ1v) is 8.71. The number of halogens is 1. The van der Waals surface area contributed by atoms with Crippen LogP contribution in [0.2, 0.25) is 5.02 Å². The highest BCUT2D eigenvalue weighted by Gasteiger charge is 2.11. The summed E-state index contributed by atoms with van der Waals surface area (Å²) in [5.74, 6) is 0.669. The molecule has 0 spiro atoms. The summed E-state index contributed by atoms with van der Waals surface area (Å²) >= 11 is 5.94. The van der Waals surface area contributed by atoms with Crippen molar-refractivity contribution in [2.45, 2.75) is 18.2 Å². The Balaban J connectivity index is 2.04. The lowest BCUT2D eigenvalue weighted by molar-refractivity contribution is 0.411. The SMILES string of the molecule is COc1ccc(Cl)cc1C/C=N\NS(=O)(=O)c1ccc(C)cc1. The zero-order valence-corrected chi connectivity index (χ0v) is 14.4. The topological polar surface area (TPSA) is 67.8 Å². The van der Waals surface area contributed by atoms with Crippen LogP contribution in [0.3, 0.4) is 0 Å². The Morgan fingerprint density at radius 3 is 2.57 bits per heavy atom. The first-order valence-electron chi connectivity index (χ1n) is 6.85. The summed E-state index contributed by atoms with van der Waals surface area (Å²) in [6.45, 7) is 1.89. The first-order chi connectivity index (χ1) is 10.9. The van der Waals surface area contributed by atoms with Crippen molar-refractivity contribution >= 4 is 27.8 Å². The van der Waals surface area contributed by atoms with E-state index in [0.717, 1.165) is 11.1 Å². The molecule has 0 aliphatic rings. The monoisotopic (exact) mass is 352 g/mol. The minimum Gasteiger partial charge on any atom is -0.496 e. The van der Waals surface area contributed by atoms with Crippen LogP contribution in [0, 0.1) is 6.92 Å². The molecule has 0 heterocycles. The third kappa shape index (κ3) is 4.71. The summed E-state index contributed by atoms with van der Waals surface area (Å²) in [6, 6.07) is 11.8. The van der Waals surface area contributed by atoms with Crippen LogP contribution in [0.15, 0.2) is 52.5 Å². The average molecular weight is 353 g/mol. The number of hydrogen-bond donors (Lipinski definition) is 1. The van der Waals surface area contributed by atoms with E-state index in [1.165, 1.54) is 18.3 Å². The largest absolute Gasteiger partial charge is 0.496 e. The third-order valence-electron chi connectivity index (χ3n) is 3.15. The van der Waals surface area contributed by atoms with E-state index in [1.807, 2.05) is 6.92 Å². The molecule has 0 atom stereocenters. The zero-order valence-electron chi connectivity index (χ0n) is 12.8. The van der Waals surface area contributed by atoms with Crippen molar-refractivity contribution in [1.29, 1.82) is 0 Å². The van der Waals surface area contributed by atoms with Gasteiger partial charge in [0.1, 0.15) is 5.75 Å². The molecule has 23 heavy (non-hydrogen) atoms. The minimum absolute atomic E-state index is 0.167. The van der Waals surface area contributed by atoms with Crippen LogP contribution in [-0.2, 0) is 16.4 Å². The van der Waals surface area contributed by atoms with Crippen LogP contribution >= 0.6 is 11.6 Å². The van der Waals surface area contributed by atoms with Gasteiger partial charge in [-0.05, 0) is 37.3 Å². The van der Waals surface area contributed by atoms with E-state index in [1.54, 1.807) is 37.4 Å². The molecule has 0 aliphatic carbocycles. The molecule has 0 fully saturated rings. The van der Waals surface area contributed by atoms with Gasteiger partial charge in [-0.25, -0.2) is 4.83 Å². The van der Waals surface area contributed by atoms with E-state index in [9.17, 15) is 8.42 Å². The van der Waals surface area contributed by atoms with E-state index in [4.69, 9.17) is 16.3 Å². The van der Waals surface area contributed by atoms with Gasteiger partial charge in [-0.2, -0.15) is 13.5 Å². The van der Waals surface area contributed by atoms with Gasteiger partial charge in [0.25, 0.3) is 10.0 Å². The summed E-state index contributed by atoms with van der Waals surface area (Å²) in [7, 11) is -2.10. The second kappa shape index (κ2) is 7.48. The van der Waals surface area contributed by atoms with Crippen molar-refractivity contribution in [3.8, 4) is 5.75 Å². The van der Waals surface area contributed by atoms with Gasteiger partial charge in [-0.3, -0.25) is 0 Å². The summed E-state index contributed by atoms with van der Waals surface area (Å²) in [5, 5.41) is 4.36. The maximum atomic E-state index is 12.1. The van der Waals surface area contributed by atoms with Crippen LogP contribution < -0.4 is 9.57 Å². The van der Waals surface area contributed by atoms with Crippen molar-refractivity contribution in [3.05, 3.63) is 58.6 Å². The zero-order chi connectivity index (χ0) is 16.9. The maximum Gasteiger partial charge on any atom is 0.276 e. The predicted molar refractivity (Wildman–Crippen MR) is 91.7 cm³/mol. The van der Waals surface area contributed by atoms with E-state index in [0.29, 0.717) is 17.2 Å². The van der Waals surface area contributed by atoms with Crippen LogP contribution in [0.1, 0.15) is 11.1 Å². The summed E-state index contributed by atoms with van der Waals surface area (Å²) < 4.78 is 29.3. The number of methoxy groups -OCH3 is 1. The Labute approximate surface area is 141 Å². The van der Waals surface area contributed by atoms with Crippen LogP contribution in [-0.4, -0.2) is 21.7 Å². The van der Waals surface area contributed by atoms with Gasteiger partial charge >= 0.3 is 0 Å². The van der Waals surface area contributed by atoms with Gasteiger partial charge < -0.3 is 4.74 Å². The number of rotatable bonds is 6. The van der Waals surface area contributed by atoms with Gasteiger partial charge in [0.05, 0.1) is 12.0 Å². The standard InChI is InChI=1S/C16H17ClN2O3S/c1-12-3-6-15(7-4-12)23(20,21)19-18-10-9-13-11-14(17)5-8-16(13)22-2/h3-8,10-11,19H,9H2,1-2H3/b18-10-. The molecule has 0 bridgehead atoms. The molecular formula is C16H17ClN2O3S.